The molecule has 3 aromatic heterocycles. The zero-order valence-electron chi connectivity index (χ0n) is 29.1. The van der Waals surface area contributed by atoms with Crippen LogP contribution < -0.4 is 0 Å². The molecular weight excluding hydrogens is 659 g/mol. The van der Waals surface area contributed by atoms with Gasteiger partial charge in [-0.05, 0) is 34.4 Å². The number of para-hydroxylation sites is 1. The number of pyridine rings is 1. The van der Waals surface area contributed by atoms with Crippen LogP contribution in [0.4, 0.5) is 0 Å². The highest BCUT2D eigenvalue weighted by Crippen LogP contribution is 2.43. The molecule has 0 bridgehead atoms. The van der Waals surface area contributed by atoms with E-state index in [0.717, 1.165) is 88.5 Å². The van der Waals surface area contributed by atoms with Gasteiger partial charge in [0.25, 0.3) is 0 Å². The summed E-state index contributed by atoms with van der Waals surface area (Å²) in [6, 6.07) is 60.5. The van der Waals surface area contributed by atoms with Crippen molar-refractivity contribution in [1.82, 2.24) is 24.9 Å². The Labute approximate surface area is 312 Å². The van der Waals surface area contributed by atoms with Gasteiger partial charge < -0.3 is 0 Å². The molecule has 0 N–H and O–H groups in total. The monoisotopic (exact) mass is 689 g/mol. The fourth-order valence-corrected chi connectivity index (χ4v) is 7.38. The summed E-state index contributed by atoms with van der Waals surface area (Å²) >= 11 is 0. The molecule has 10 aromatic rings. The summed E-state index contributed by atoms with van der Waals surface area (Å²) in [6.07, 6.45) is 3.81. The minimum absolute atomic E-state index is 0.673. The maximum absolute atomic E-state index is 5.30. The van der Waals surface area contributed by atoms with Crippen LogP contribution in [0.5, 0.6) is 0 Å². The van der Waals surface area contributed by atoms with E-state index in [2.05, 4.69) is 121 Å². The minimum Gasteiger partial charge on any atom is -0.256 e. The molecule has 0 amide bonds. The van der Waals surface area contributed by atoms with E-state index < -0.39 is 0 Å². The highest BCUT2D eigenvalue weighted by Gasteiger charge is 2.20. The number of hydrogen-bond donors (Lipinski definition) is 0. The molecule has 0 aliphatic carbocycles. The standard InChI is InChI=1S/C49H31N5/c1-4-13-34(14-5-1)43-44(35-15-6-2-7-16-35)47-41(39-20-12-30-50-46(39)43)31-51-48(54-47)37-26-22-32(23-27-37)33-24-28-38(29-25-33)49-52-42-21-11-10-19-40(42)45(53-49)36-17-8-3-9-18-36/h1-31H. The highest BCUT2D eigenvalue weighted by atomic mass is 14.9. The Bertz CT molecular complexity index is 2950. The number of nitrogens with zero attached hydrogens (tertiary/aromatic N) is 5. The number of rotatable bonds is 6. The molecule has 0 unspecified atom stereocenters. The number of aromatic nitrogens is 5. The Morgan fingerprint density at radius 3 is 1.46 bits per heavy atom. The molecule has 0 radical (unpaired) electrons. The van der Waals surface area contributed by atoms with Crippen LogP contribution in [-0.4, -0.2) is 24.9 Å². The van der Waals surface area contributed by atoms with Gasteiger partial charge in [0.15, 0.2) is 11.6 Å². The van der Waals surface area contributed by atoms with Crippen molar-refractivity contribution in [2.75, 3.05) is 0 Å². The van der Waals surface area contributed by atoms with Gasteiger partial charge >= 0.3 is 0 Å². The first-order chi connectivity index (χ1) is 26.8. The largest absolute Gasteiger partial charge is 0.256 e. The van der Waals surface area contributed by atoms with Crippen molar-refractivity contribution >= 4 is 32.7 Å². The van der Waals surface area contributed by atoms with Crippen molar-refractivity contribution in [2.24, 2.45) is 0 Å². The average Bonchev–Trinajstić information content (AvgIpc) is 3.26. The minimum atomic E-state index is 0.673. The Hall–Kier alpha value is -7.37. The Kier molecular flexibility index (Phi) is 7.73. The number of benzene rings is 7. The molecule has 54 heavy (non-hydrogen) atoms. The molecule has 0 saturated carbocycles. The lowest BCUT2D eigenvalue weighted by Crippen LogP contribution is -1.97. The molecule has 0 saturated heterocycles. The topological polar surface area (TPSA) is 64.5 Å². The summed E-state index contributed by atoms with van der Waals surface area (Å²) < 4.78 is 0. The van der Waals surface area contributed by atoms with Crippen LogP contribution >= 0.6 is 0 Å². The molecule has 7 aromatic carbocycles. The molecule has 10 rings (SSSR count). The molecule has 3 heterocycles. The normalized spacial score (nSPS) is 11.3. The highest BCUT2D eigenvalue weighted by molar-refractivity contribution is 6.19. The summed E-state index contributed by atoms with van der Waals surface area (Å²) in [6.45, 7) is 0. The van der Waals surface area contributed by atoms with Crippen molar-refractivity contribution in [2.45, 2.75) is 0 Å². The maximum atomic E-state index is 5.30. The third kappa shape index (κ3) is 5.56. The van der Waals surface area contributed by atoms with Gasteiger partial charge in [-0.25, -0.2) is 19.9 Å². The van der Waals surface area contributed by atoms with Crippen molar-refractivity contribution in [1.29, 1.82) is 0 Å². The van der Waals surface area contributed by atoms with Gasteiger partial charge in [0.1, 0.15) is 0 Å². The van der Waals surface area contributed by atoms with Gasteiger partial charge in [0.2, 0.25) is 0 Å². The lowest BCUT2D eigenvalue weighted by molar-refractivity contribution is 1.23. The van der Waals surface area contributed by atoms with Gasteiger partial charge in [-0.1, -0.05) is 164 Å². The van der Waals surface area contributed by atoms with Crippen molar-refractivity contribution in [3.63, 3.8) is 0 Å². The average molecular weight is 690 g/mol. The zero-order chi connectivity index (χ0) is 35.8. The van der Waals surface area contributed by atoms with Gasteiger partial charge in [0.05, 0.1) is 22.2 Å². The van der Waals surface area contributed by atoms with Gasteiger partial charge in [-0.15, -0.1) is 0 Å². The predicted molar refractivity (Wildman–Crippen MR) is 221 cm³/mol. The first kappa shape index (κ1) is 31.4. The van der Waals surface area contributed by atoms with Crippen LogP contribution in [0.2, 0.25) is 0 Å². The second-order valence-electron chi connectivity index (χ2n) is 13.3. The summed E-state index contributed by atoms with van der Waals surface area (Å²) in [5, 5.41) is 3.04. The SMILES string of the molecule is c1ccc(-c2nc(-c3ccc(-c4ccc(-c5ncc6c(n5)c(-c5ccccc5)c(-c5ccccc5)c5ncccc56)cc4)cc3)nc3ccccc23)cc1. The second kappa shape index (κ2) is 13.3. The van der Waals surface area contributed by atoms with E-state index in [-0.39, 0.29) is 0 Å². The van der Waals surface area contributed by atoms with E-state index in [4.69, 9.17) is 24.9 Å². The lowest BCUT2D eigenvalue weighted by Gasteiger charge is -2.17. The van der Waals surface area contributed by atoms with E-state index in [1.165, 1.54) is 0 Å². The molecule has 252 valence electrons. The molecule has 5 heteroatoms. The van der Waals surface area contributed by atoms with Crippen molar-refractivity contribution in [3.05, 3.63) is 188 Å². The van der Waals surface area contributed by atoms with Crippen LogP contribution in [-0.2, 0) is 0 Å². The summed E-state index contributed by atoms with van der Waals surface area (Å²) in [5.41, 5.74) is 13.2. The second-order valence-corrected chi connectivity index (χ2v) is 13.3. The first-order valence-electron chi connectivity index (χ1n) is 18.0. The summed E-state index contributed by atoms with van der Waals surface area (Å²) in [4.78, 5) is 25.1. The third-order valence-electron chi connectivity index (χ3n) is 10.0. The summed E-state index contributed by atoms with van der Waals surface area (Å²) in [5.74, 6) is 1.38. The first-order valence-corrected chi connectivity index (χ1v) is 18.0. The Morgan fingerprint density at radius 1 is 0.296 bits per heavy atom. The molecule has 5 nitrogen and oxygen atoms in total. The van der Waals surface area contributed by atoms with E-state index in [0.29, 0.717) is 11.6 Å². The third-order valence-corrected chi connectivity index (χ3v) is 10.0. The fourth-order valence-electron chi connectivity index (χ4n) is 7.38. The smallest absolute Gasteiger partial charge is 0.160 e. The predicted octanol–water partition coefficient (Wildman–Crippen LogP) is 12.1. The lowest BCUT2D eigenvalue weighted by atomic mass is 9.89. The summed E-state index contributed by atoms with van der Waals surface area (Å²) in [7, 11) is 0. The van der Waals surface area contributed by atoms with E-state index in [1.54, 1.807) is 0 Å². The van der Waals surface area contributed by atoms with Gasteiger partial charge in [-0.2, -0.15) is 0 Å². The van der Waals surface area contributed by atoms with E-state index >= 15 is 0 Å². The van der Waals surface area contributed by atoms with Crippen LogP contribution in [0.25, 0.3) is 100 Å². The Balaban J connectivity index is 1.03. The van der Waals surface area contributed by atoms with Crippen LogP contribution in [0, 0.1) is 0 Å². The molecular formula is C49H31N5. The van der Waals surface area contributed by atoms with Crippen LogP contribution in [0.3, 0.4) is 0 Å². The Morgan fingerprint density at radius 2 is 0.815 bits per heavy atom. The molecule has 0 aliphatic rings. The van der Waals surface area contributed by atoms with E-state index in [9.17, 15) is 0 Å². The van der Waals surface area contributed by atoms with Crippen LogP contribution in [0.15, 0.2) is 188 Å². The molecule has 0 spiro atoms. The molecule has 0 atom stereocenters. The molecule has 0 fully saturated rings. The molecule has 0 aliphatic heterocycles. The van der Waals surface area contributed by atoms with Gasteiger partial charge in [-0.3, -0.25) is 4.98 Å². The van der Waals surface area contributed by atoms with Gasteiger partial charge in [0, 0.05) is 56.4 Å². The fraction of sp³-hybridized carbons (Fsp3) is 0. The zero-order valence-corrected chi connectivity index (χ0v) is 29.1. The van der Waals surface area contributed by atoms with Crippen molar-refractivity contribution in [3.8, 4) is 67.4 Å². The maximum Gasteiger partial charge on any atom is 0.160 e. The number of hydrogen-bond acceptors (Lipinski definition) is 5. The van der Waals surface area contributed by atoms with E-state index in [1.807, 2.05) is 67.0 Å². The van der Waals surface area contributed by atoms with Crippen molar-refractivity contribution < 1.29 is 0 Å². The quantitative estimate of drug-likeness (QED) is 0.163. The number of fused-ring (bicyclic) bond motifs is 4. The van der Waals surface area contributed by atoms with Crippen LogP contribution in [0.1, 0.15) is 0 Å².